The Hall–Kier alpha value is -2.73. The maximum atomic E-state index is 12.6. The molecular weight excluding hydrogens is 427 g/mol. The number of halogens is 3. The first kappa shape index (κ1) is 22.0. The smallest absolute Gasteiger partial charge is 0.417 e. The van der Waals surface area contributed by atoms with Gasteiger partial charge in [0, 0.05) is 30.4 Å². The summed E-state index contributed by atoms with van der Waals surface area (Å²) in [6.07, 6.45) is -2.23. The number of nitro benzene ring substituents is 1. The predicted molar refractivity (Wildman–Crippen MR) is 99.3 cm³/mol. The molecule has 0 saturated heterocycles. The van der Waals surface area contributed by atoms with Crippen molar-refractivity contribution in [3.8, 4) is 5.88 Å². The third-order valence-corrected chi connectivity index (χ3v) is 6.20. The molecular formula is C18H18F3N3O5S. The van der Waals surface area contributed by atoms with Crippen LogP contribution in [0.2, 0.25) is 0 Å². The van der Waals surface area contributed by atoms with Gasteiger partial charge in [0.05, 0.1) is 15.4 Å². The summed E-state index contributed by atoms with van der Waals surface area (Å²) < 4.78 is 70.8. The van der Waals surface area contributed by atoms with Gasteiger partial charge in [0.1, 0.15) is 6.10 Å². The molecule has 1 aromatic heterocycles. The number of alkyl halides is 3. The fourth-order valence-electron chi connectivity index (χ4n) is 3.14. The molecule has 12 heteroatoms. The summed E-state index contributed by atoms with van der Waals surface area (Å²) in [5, 5.41) is 10.8. The molecule has 1 fully saturated rings. The first-order chi connectivity index (χ1) is 14.0. The van der Waals surface area contributed by atoms with Crippen molar-refractivity contribution in [1.29, 1.82) is 0 Å². The van der Waals surface area contributed by atoms with Crippen LogP contribution in [0.15, 0.2) is 47.5 Å². The molecule has 3 rings (SSSR count). The first-order valence-corrected chi connectivity index (χ1v) is 10.5. The highest BCUT2D eigenvalue weighted by atomic mass is 32.2. The van der Waals surface area contributed by atoms with E-state index in [0.717, 1.165) is 18.2 Å². The fourth-order valence-corrected chi connectivity index (χ4v) is 4.48. The van der Waals surface area contributed by atoms with Crippen LogP contribution in [0.25, 0.3) is 0 Å². The van der Waals surface area contributed by atoms with Gasteiger partial charge in [0.25, 0.3) is 5.69 Å². The Labute approximate surface area is 170 Å². The van der Waals surface area contributed by atoms with Crippen LogP contribution in [-0.4, -0.2) is 30.5 Å². The first-order valence-electron chi connectivity index (χ1n) is 9.01. The topological polar surface area (TPSA) is 111 Å². The summed E-state index contributed by atoms with van der Waals surface area (Å²) in [5.41, 5.74) is -1.19. The van der Waals surface area contributed by atoms with Gasteiger partial charge >= 0.3 is 6.18 Å². The van der Waals surface area contributed by atoms with Gasteiger partial charge in [-0.3, -0.25) is 10.1 Å². The number of benzene rings is 1. The zero-order chi connectivity index (χ0) is 21.9. The number of ether oxygens (including phenoxy) is 1. The lowest BCUT2D eigenvalue weighted by Gasteiger charge is -2.29. The molecule has 30 heavy (non-hydrogen) atoms. The lowest BCUT2D eigenvalue weighted by Crippen LogP contribution is -2.39. The van der Waals surface area contributed by atoms with Crippen LogP contribution in [0.4, 0.5) is 18.9 Å². The van der Waals surface area contributed by atoms with E-state index < -0.39 is 26.7 Å². The van der Waals surface area contributed by atoms with E-state index in [2.05, 4.69) is 9.71 Å². The van der Waals surface area contributed by atoms with Crippen LogP contribution in [0.1, 0.15) is 31.2 Å². The van der Waals surface area contributed by atoms with Gasteiger partial charge in [-0.05, 0) is 37.8 Å². The largest absolute Gasteiger partial charge is 0.474 e. The highest BCUT2D eigenvalue weighted by molar-refractivity contribution is 7.89. The molecule has 162 valence electrons. The molecule has 0 aliphatic heterocycles. The molecule has 0 radical (unpaired) electrons. The molecule has 0 bridgehead atoms. The molecule has 0 spiro atoms. The van der Waals surface area contributed by atoms with E-state index in [1.165, 1.54) is 18.2 Å². The Bertz CT molecular complexity index is 1000. The predicted octanol–water partition coefficient (Wildman–Crippen LogP) is 3.68. The number of nitrogens with zero attached hydrogens (tertiary/aromatic N) is 2. The molecule has 1 N–H and O–H groups in total. The number of hydrogen-bond donors (Lipinski definition) is 1. The molecule has 1 saturated carbocycles. The number of non-ortho nitro benzene ring substituents is 1. The van der Waals surface area contributed by atoms with Crippen molar-refractivity contribution >= 4 is 15.7 Å². The minimum atomic E-state index is -4.47. The second kappa shape index (κ2) is 8.56. The lowest BCUT2D eigenvalue weighted by molar-refractivity contribution is -0.385. The van der Waals surface area contributed by atoms with E-state index in [4.69, 9.17) is 4.74 Å². The summed E-state index contributed by atoms with van der Waals surface area (Å²) in [4.78, 5) is 13.7. The average Bonchev–Trinajstić information content (AvgIpc) is 2.69. The molecule has 2 aromatic rings. The standard InChI is InChI=1S/C18H18F3N3O5S/c19-18(20,21)12-4-9-17(22-11-12)29-15-7-5-13(6-8-15)23-30(27,28)16-3-1-2-14(10-16)24(25)26/h1-4,9-11,13,15,23H,5-8H2. The summed E-state index contributed by atoms with van der Waals surface area (Å²) in [5.74, 6) is 0.0728. The van der Waals surface area contributed by atoms with Gasteiger partial charge in [-0.1, -0.05) is 6.07 Å². The third-order valence-electron chi connectivity index (χ3n) is 4.69. The van der Waals surface area contributed by atoms with Crippen LogP contribution in [0.5, 0.6) is 5.88 Å². The fraction of sp³-hybridized carbons (Fsp3) is 0.389. The highest BCUT2D eigenvalue weighted by Crippen LogP contribution is 2.30. The minimum absolute atomic E-state index is 0.0728. The maximum absolute atomic E-state index is 12.6. The van der Waals surface area contributed by atoms with Gasteiger partial charge in [-0.15, -0.1) is 0 Å². The van der Waals surface area contributed by atoms with Crippen molar-refractivity contribution in [3.63, 3.8) is 0 Å². The Kier molecular flexibility index (Phi) is 6.27. The summed E-state index contributed by atoms with van der Waals surface area (Å²) in [7, 11) is -3.93. The van der Waals surface area contributed by atoms with Crippen LogP contribution in [-0.2, 0) is 16.2 Å². The lowest BCUT2D eigenvalue weighted by atomic mass is 9.94. The number of aromatic nitrogens is 1. The maximum Gasteiger partial charge on any atom is 0.417 e. The number of sulfonamides is 1. The molecule has 1 heterocycles. The van der Waals surface area contributed by atoms with Crippen molar-refractivity contribution in [3.05, 3.63) is 58.3 Å². The van der Waals surface area contributed by atoms with E-state index in [0.29, 0.717) is 31.9 Å². The van der Waals surface area contributed by atoms with Crippen LogP contribution in [0.3, 0.4) is 0 Å². The zero-order valence-electron chi connectivity index (χ0n) is 15.5. The van der Waals surface area contributed by atoms with E-state index in [-0.39, 0.29) is 28.6 Å². The Morgan fingerprint density at radius 2 is 1.83 bits per heavy atom. The van der Waals surface area contributed by atoms with Crippen LogP contribution >= 0.6 is 0 Å². The summed E-state index contributed by atoms with van der Waals surface area (Å²) >= 11 is 0. The van der Waals surface area contributed by atoms with Crippen molar-refractivity contribution in [2.45, 2.75) is 48.9 Å². The summed E-state index contributed by atoms with van der Waals surface area (Å²) in [6.45, 7) is 0. The number of nitro groups is 1. The quantitative estimate of drug-likeness (QED) is 0.536. The SMILES string of the molecule is O=[N+]([O-])c1cccc(S(=O)(=O)NC2CCC(Oc3ccc(C(F)(F)F)cn3)CC2)c1. The van der Waals surface area contributed by atoms with Gasteiger partial charge in [0.15, 0.2) is 0 Å². The van der Waals surface area contributed by atoms with Crippen LogP contribution in [0, 0.1) is 10.1 Å². The Morgan fingerprint density at radius 1 is 1.13 bits per heavy atom. The summed E-state index contributed by atoms with van der Waals surface area (Å²) in [6, 6.07) is 6.44. The Balaban J connectivity index is 1.55. The number of nitrogens with one attached hydrogen (secondary N) is 1. The minimum Gasteiger partial charge on any atom is -0.474 e. The molecule has 1 aliphatic carbocycles. The second-order valence-corrected chi connectivity index (χ2v) is 8.56. The number of hydrogen-bond acceptors (Lipinski definition) is 6. The van der Waals surface area contributed by atoms with Crippen molar-refractivity contribution in [2.24, 2.45) is 0 Å². The van der Waals surface area contributed by atoms with Crippen molar-refractivity contribution in [1.82, 2.24) is 9.71 Å². The Morgan fingerprint density at radius 3 is 2.40 bits per heavy atom. The van der Waals surface area contributed by atoms with Gasteiger partial charge < -0.3 is 4.74 Å². The van der Waals surface area contributed by atoms with E-state index in [9.17, 15) is 31.7 Å². The molecule has 0 atom stereocenters. The van der Waals surface area contributed by atoms with Gasteiger partial charge in [-0.2, -0.15) is 13.2 Å². The van der Waals surface area contributed by atoms with Gasteiger partial charge in [0.2, 0.25) is 15.9 Å². The van der Waals surface area contributed by atoms with Crippen molar-refractivity contribution in [2.75, 3.05) is 0 Å². The average molecular weight is 445 g/mol. The second-order valence-electron chi connectivity index (χ2n) is 6.85. The zero-order valence-corrected chi connectivity index (χ0v) is 16.3. The molecule has 1 aliphatic rings. The monoisotopic (exact) mass is 445 g/mol. The van der Waals surface area contributed by atoms with E-state index in [1.807, 2.05) is 0 Å². The molecule has 0 amide bonds. The third kappa shape index (κ3) is 5.45. The molecule has 0 unspecified atom stereocenters. The van der Waals surface area contributed by atoms with E-state index >= 15 is 0 Å². The van der Waals surface area contributed by atoms with E-state index in [1.54, 1.807) is 0 Å². The number of rotatable bonds is 6. The normalized spacial score (nSPS) is 20.0. The molecule has 1 aromatic carbocycles. The highest BCUT2D eigenvalue weighted by Gasteiger charge is 2.31. The number of pyridine rings is 1. The van der Waals surface area contributed by atoms with Crippen LogP contribution < -0.4 is 9.46 Å². The van der Waals surface area contributed by atoms with Crippen molar-refractivity contribution < 1.29 is 31.2 Å². The van der Waals surface area contributed by atoms with Gasteiger partial charge in [-0.25, -0.2) is 18.1 Å². The molecule has 8 nitrogen and oxygen atoms in total.